The van der Waals surface area contributed by atoms with E-state index in [-0.39, 0.29) is 56.3 Å². The molecule has 3 aromatic rings. The van der Waals surface area contributed by atoms with Crippen LogP contribution in [0.1, 0.15) is 216 Å². The zero-order valence-electron chi connectivity index (χ0n) is 56.2. The van der Waals surface area contributed by atoms with Crippen LogP contribution in [-0.4, -0.2) is 114 Å². The Bertz CT molecular complexity index is 2660. The van der Waals surface area contributed by atoms with Crippen molar-refractivity contribution in [1.82, 2.24) is 26.2 Å². The number of hydrogen-bond acceptors (Lipinski definition) is 13. The van der Waals surface area contributed by atoms with Crippen molar-refractivity contribution in [1.29, 1.82) is 0 Å². The zero-order valence-corrected chi connectivity index (χ0v) is 56.2. The van der Waals surface area contributed by atoms with Crippen LogP contribution in [0.4, 0.5) is 0 Å². The van der Waals surface area contributed by atoms with Gasteiger partial charge >= 0.3 is 23.9 Å². The van der Waals surface area contributed by atoms with Crippen LogP contribution in [0.3, 0.4) is 0 Å². The Morgan fingerprint density at radius 3 is 1.65 bits per heavy atom. The lowest BCUT2D eigenvalue weighted by molar-refractivity contribution is -0.160. The smallest absolute Gasteiger partial charge is 0.329 e. The third-order valence-electron chi connectivity index (χ3n) is 16.1. The highest BCUT2D eigenvalue weighted by Crippen LogP contribution is 2.44. The second-order valence-electron chi connectivity index (χ2n) is 27.1. The summed E-state index contributed by atoms with van der Waals surface area (Å²) in [5, 5.41) is 11.2. The zero-order chi connectivity index (χ0) is 65.8. The number of nitrogens with one attached hydrogen (secondary N) is 4. The second kappa shape index (κ2) is 38.2. The molecule has 0 radical (unpaired) electrons. The van der Waals surface area contributed by atoms with Crippen molar-refractivity contribution >= 4 is 47.5 Å². The van der Waals surface area contributed by atoms with Crippen molar-refractivity contribution in [2.45, 2.75) is 248 Å². The van der Waals surface area contributed by atoms with E-state index in [1.165, 1.54) is 25.7 Å². The highest BCUT2D eigenvalue weighted by Gasteiger charge is 2.39. The van der Waals surface area contributed by atoms with Gasteiger partial charge in [-0.3, -0.25) is 38.5 Å². The molecule has 0 aliphatic heterocycles. The van der Waals surface area contributed by atoms with Gasteiger partial charge in [0.15, 0.2) is 0 Å². The monoisotopic (exact) mass is 1240 g/mol. The molecule has 7 atom stereocenters. The van der Waals surface area contributed by atoms with E-state index in [9.17, 15) is 38.4 Å². The third kappa shape index (κ3) is 26.4. The minimum atomic E-state index is -1.59. The largest absolute Gasteiger partial charge is 0.464 e. The molecule has 0 saturated carbocycles. The molecule has 1 aliphatic rings. The molecule has 0 fully saturated rings. The highest BCUT2D eigenvalue weighted by atomic mass is 16.6. The van der Waals surface area contributed by atoms with Gasteiger partial charge in [-0.2, -0.15) is 0 Å². The molecule has 0 saturated heterocycles. The summed E-state index contributed by atoms with van der Waals surface area (Å²) in [7, 11) is 0. The van der Waals surface area contributed by atoms with Gasteiger partial charge in [0.1, 0.15) is 55.1 Å². The Balaban J connectivity index is 1.53. The fourth-order valence-corrected chi connectivity index (χ4v) is 11.3. The summed E-state index contributed by atoms with van der Waals surface area (Å²) in [6.45, 7) is 26.4. The van der Waals surface area contributed by atoms with Crippen molar-refractivity contribution in [2.75, 3.05) is 19.7 Å². The molecule has 7 unspecified atom stereocenters. The molecule has 4 N–H and O–H groups in total. The summed E-state index contributed by atoms with van der Waals surface area (Å²) in [4.78, 5) is 116. The van der Waals surface area contributed by atoms with Crippen molar-refractivity contribution in [3.05, 3.63) is 95.6 Å². The number of carbonyl (C=O) groups excluding carboxylic acids is 8. The van der Waals surface area contributed by atoms with Crippen molar-refractivity contribution in [2.24, 2.45) is 29.6 Å². The first-order valence-corrected chi connectivity index (χ1v) is 33.1. The lowest BCUT2D eigenvalue weighted by atomic mass is 9.97. The van der Waals surface area contributed by atoms with E-state index in [1.54, 1.807) is 46.4 Å². The Hall–Kier alpha value is -6.62. The summed E-state index contributed by atoms with van der Waals surface area (Å²) in [5.41, 5.74) is 4.23. The Morgan fingerprint density at radius 1 is 0.551 bits per heavy atom. The van der Waals surface area contributed by atoms with Gasteiger partial charge in [-0.1, -0.05) is 213 Å². The van der Waals surface area contributed by atoms with Crippen molar-refractivity contribution in [3.63, 3.8) is 0 Å². The van der Waals surface area contributed by atoms with Gasteiger partial charge in [0.2, 0.25) is 23.6 Å². The van der Waals surface area contributed by atoms with E-state index in [0.29, 0.717) is 32.2 Å². The predicted molar refractivity (Wildman–Crippen MR) is 349 cm³/mol. The fraction of sp³-hybridized carbons (Fsp3) is 0.639. The van der Waals surface area contributed by atoms with Crippen LogP contribution in [0.25, 0.3) is 11.1 Å². The van der Waals surface area contributed by atoms with Gasteiger partial charge in [0.05, 0.1) is 19.4 Å². The van der Waals surface area contributed by atoms with Crippen LogP contribution in [-0.2, 0) is 63.9 Å². The maximum Gasteiger partial charge on any atom is 0.329 e. The Morgan fingerprint density at radius 2 is 1.10 bits per heavy atom. The molecule has 0 aromatic heterocycles. The van der Waals surface area contributed by atoms with Crippen LogP contribution in [0.5, 0.6) is 0 Å². The van der Waals surface area contributed by atoms with Crippen LogP contribution in [0, 0.1) is 29.6 Å². The summed E-state index contributed by atoms with van der Waals surface area (Å²) < 4.78 is 23.6. The SMILES string of the molecule is CCCCCCCCCCCC(CC(=O)OCc1ccccc1)OC(=O)C(NC(=O)C(CC(C)C)NC(=O)C(CC(=O)OC(C)(C)C)NC(=O)C(NC(=O)CN(CC(C)C)C(CC(C)C)C(=O)OCC1c2ccccc2-c2ccccc21)C(C)C)C(C)CC. The second-order valence-corrected chi connectivity index (χ2v) is 27.1. The Kier molecular flexibility index (Phi) is 32.1. The standard InChI is InChI=1S/C72H109N5O12/c1-15-17-18-19-20-21-22-23-27-34-53(41-63(79)86-45-52-32-25-24-26-33-52)88-71(85)66(51(11)16-2)76-68(82)59(39-47(3)4)73-67(81)60(42-64(80)89-72(12,13)14)74-69(83)65(50(9)10)75-62(78)44-77(43-49(7)8)61(40-48(5)6)70(84)87-46-58-56-37-30-28-35-54(56)55-36-29-31-38-57(55)58/h24-26,28-33,35-38,47-51,53,58-61,65-66H,15-23,27,34,39-46H2,1-14H3,(H,73,81)(H,74,83)(H,75,78)(H,76,82). The van der Waals surface area contributed by atoms with Gasteiger partial charge in [-0.15, -0.1) is 0 Å². The summed E-state index contributed by atoms with van der Waals surface area (Å²) >= 11 is 0. The van der Waals surface area contributed by atoms with Gasteiger partial charge < -0.3 is 40.2 Å². The number of nitrogens with zero attached hydrogens (tertiary/aromatic N) is 1. The first kappa shape index (κ1) is 74.8. The van der Waals surface area contributed by atoms with E-state index < -0.39 is 108 Å². The molecule has 17 nitrogen and oxygen atoms in total. The topological polar surface area (TPSA) is 225 Å². The number of ether oxygens (including phenoxy) is 4. The normalized spacial score (nSPS) is 14.6. The molecule has 1 aliphatic carbocycles. The molecular weight excluding hydrogens is 1130 g/mol. The molecule has 494 valence electrons. The van der Waals surface area contributed by atoms with Crippen LogP contribution < -0.4 is 21.3 Å². The minimum absolute atomic E-state index is 0.0334. The molecule has 4 amide bonds. The number of benzene rings is 3. The van der Waals surface area contributed by atoms with Gasteiger partial charge in [-0.05, 0) is 104 Å². The quantitative estimate of drug-likeness (QED) is 0.0236. The van der Waals surface area contributed by atoms with E-state index in [4.69, 9.17) is 18.9 Å². The average molecular weight is 1240 g/mol. The lowest BCUT2D eigenvalue weighted by Gasteiger charge is -2.33. The number of amides is 4. The molecule has 3 aromatic carbocycles. The number of esters is 4. The van der Waals surface area contributed by atoms with E-state index in [2.05, 4.69) is 52.5 Å². The third-order valence-corrected chi connectivity index (χ3v) is 16.1. The van der Waals surface area contributed by atoms with Crippen molar-refractivity contribution < 1.29 is 57.3 Å². The van der Waals surface area contributed by atoms with E-state index >= 15 is 0 Å². The molecule has 0 bridgehead atoms. The molecule has 89 heavy (non-hydrogen) atoms. The number of carbonyl (C=O) groups is 8. The van der Waals surface area contributed by atoms with Gasteiger partial charge in [0.25, 0.3) is 0 Å². The van der Waals surface area contributed by atoms with E-state index in [0.717, 1.165) is 53.5 Å². The maximum atomic E-state index is 14.7. The van der Waals surface area contributed by atoms with Gasteiger partial charge in [0, 0.05) is 12.5 Å². The average Bonchev–Trinajstić information content (AvgIpc) is 1.88. The molecule has 0 heterocycles. The molecular formula is C72H109N5O12. The predicted octanol–water partition coefficient (Wildman–Crippen LogP) is 12.1. The molecule has 0 spiro atoms. The first-order valence-electron chi connectivity index (χ1n) is 33.1. The molecule has 4 rings (SSSR count). The summed E-state index contributed by atoms with van der Waals surface area (Å²) in [6, 6.07) is 19.5. The lowest BCUT2D eigenvalue weighted by Crippen LogP contribution is -2.60. The first-order chi connectivity index (χ1) is 42.2. The minimum Gasteiger partial charge on any atom is -0.464 e. The maximum absolute atomic E-state index is 14.7. The number of fused-ring (bicyclic) bond motifs is 3. The van der Waals surface area contributed by atoms with Crippen LogP contribution >= 0.6 is 0 Å². The summed E-state index contributed by atoms with van der Waals surface area (Å²) in [5.74, 6) is -6.60. The van der Waals surface area contributed by atoms with Crippen LogP contribution in [0.15, 0.2) is 78.9 Å². The number of hydrogen-bond donors (Lipinski definition) is 4. The van der Waals surface area contributed by atoms with Crippen LogP contribution in [0.2, 0.25) is 0 Å². The highest BCUT2D eigenvalue weighted by molar-refractivity contribution is 5.97. The number of unbranched alkanes of at least 4 members (excludes halogenated alkanes) is 8. The Labute approximate surface area is 532 Å². The molecule has 17 heteroatoms. The number of rotatable bonds is 40. The van der Waals surface area contributed by atoms with Crippen molar-refractivity contribution in [3.8, 4) is 11.1 Å². The van der Waals surface area contributed by atoms with E-state index in [1.807, 2.05) is 103 Å². The fourth-order valence-electron chi connectivity index (χ4n) is 11.3. The van der Waals surface area contributed by atoms with Gasteiger partial charge in [-0.25, -0.2) is 4.79 Å². The summed E-state index contributed by atoms with van der Waals surface area (Å²) in [6.07, 6.45) is 9.49.